The number of nitrogens with zero attached hydrogens (tertiary/aromatic N) is 2. The van der Waals surface area contributed by atoms with Crippen LogP contribution in [0.1, 0.15) is 51.5 Å². The van der Waals surface area contributed by atoms with Gasteiger partial charge < -0.3 is 25.5 Å². The second-order valence-corrected chi connectivity index (χ2v) is 10.3. The lowest BCUT2D eigenvalue weighted by molar-refractivity contribution is -0.137. The Labute approximate surface area is 200 Å². The van der Waals surface area contributed by atoms with E-state index in [1.54, 1.807) is 0 Å². The number of hydrogen-bond donors (Lipinski definition) is 3. The van der Waals surface area contributed by atoms with Crippen LogP contribution in [-0.4, -0.2) is 44.6 Å². The van der Waals surface area contributed by atoms with Crippen molar-refractivity contribution in [2.24, 2.45) is 11.8 Å². The van der Waals surface area contributed by atoms with E-state index in [9.17, 15) is 9.90 Å². The Balaban J connectivity index is 1.35. The number of fused-ring (bicyclic) bond motifs is 2. The molecule has 3 unspecified atom stereocenters. The number of aromatic amines is 1. The minimum Gasteiger partial charge on any atom is -0.491 e. The molecule has 2 aromatic carbocycles. The van der Waals surface area contributed by atoms with E-state index in [4.69, 9.17) is 10.5 Å². The predicted molar refractivity (Wildman–Crippen MR) is 133 cm³/mol. The van der Waals surface area contributed by atoms with Crippen molar-refractivity contribution >= 4 is 22.9 Å². The molecular weight excluding hydrogens is 428 g/mol. The Hall–Kier alpha value is -3.06. The van der Waals surface area contributed by atoms with Gasteiger partial charge in [-0.3, -0.25) is 4.79 Å². The highest BCUT2D eigenvalue weighted by Crippen LogP contribution is 2.36. The van der Waals surface area contributed by atoms with E-state index in [1.165, 1.54) is 0 Å². The summed E-state index contributed by atoms with van der Waals surface area (Å²) in [5.74, 6) is 1.67. The summed E-state index contributed by atoms with van der Waals surface area (Å²) < 4.78 is 6.01. The van der Waals surface area contributed by atoms with Crippen LogP contribution in [0, 0.1) is 11.8 Å². The molecule has 1 aromatic heterocycles. The largest absolute Gasteiger partial charge is 0.491 e. The molecule has 2 aliphatic rings. The van der Waals surface area contributed by atoms with E-state index in [0.29, 0.717) is 31.6 Å². The number of carbonyl (C=O) groups excluding carboxylic acids is 1. The maximum Gasteiger partial charge on any atom is 0.226 e. The number of H-pyrrole nitrogens is 1. The number of imidazole rings is 1. The highest BCUT2D eigenvalue weighted by Gasteiger charge is 2.33. The van der Waals surface area contributed by atoms with Crippen LogP contribution < -0.4 is 10.5 Å². The van der Waals surface area contributed by atoms with E-state index in [-0.39, 0.29) is 11.8 Å². The van der Waals surface area contributed by atoms with E-state index < -0.39 is 5.60 Å². The van der Waals surface area contributed by atoms with Gasteiger partial charge in [-0.25, -0.2) is 4.98 Å². The summed E-state index contributed by atoms with van der Waals surface area (Å²) in [5, 5.41) is 10.4. The molecule has 0 bridgehead atoms. The van der Waals surface area contributed by atoms with Crippen LogP contribution in [0.2, 0.25) is 0 Å². The van der Waals surface area contributed by atoms with E-state index in [2.05, 4.69) is 29.0 Å². The summed E-state index contributed by atoms with van der Waals surface area (Å²) in [6.45, 7) is 5.58. The summed E-state index contributed by atoms with van der Waals surface area (Å²) in [6, 6.07) is 12.2. The highest BCUT2D eigenvalue weighted by atomic mass is 16.5. The first-order valence-electron chi connectivity index (χ1n) is 12.3. The maximum absolute atomic E-state index is 13.5. The van der Waals surface area contributed by atoms with Gasteiger partial charge in [-0.05, 0) is 73.9 Å². The van der Waals surface area contributed by atoms with Crippen LogP contribution in [0.3, 0.4) is 0 Å². The molecule has 0 spiro atoms. The predicted octanol–water partition coefficient (Wildman–Crippen LogP) is 4.50. The van der Waals surface area contributed by atoms with Crippen molar-refractivity contribution in [3.8, 4) is 16.9 Å². The number of nitrogens with two attached hydrogens (primary N) is 1. The summed E-state index contributed by atoms with van der Waals surface area (Å²) in [4.78, 5) is 22.8. The number of aliphatic hydroxyl groups is 1. The van der Waals surface area contributed by atoms with Crippen molar-refractivity contribution in [2.75, 3.05) is 18.9 Å². The first-order chi connectivity index (χ1) is 16.3. The summed E-state index contributed by atoms with van der Waals surface area (Å²) in [5.41, 5.74) is 10.1. The number of nitrogens with one attached hydrogen (secondary N) is 1. The maximum atomic E-state index is 13.5. The number of rotatable bonds is 3. The molecule has 34 heavy (non-hydrogen) atoms. The monoisotopic (exact) mass is 462 g/mol. The molecule has 1 aliphatic heterocycles. The van der Waals surface area contributed by atoms with Gasteiger partial charge in [-0.1, -0.05) is 25.5 Å². The zero-order chi connectivity index (χ0) is 23.9. The standard InChI is InChI=1S/C27H34N4O3/c1-17(18-4-3-10-27(2,33)11-9-18)25(32)31-12-13-34-24-8-6-19(14-21(24)16-31)20-5-7-22-23(15-20)30-26(28)29-22/h5-8,14-15,17-18,33H,3-4,9-13,16H2,1-2H3,(H3,28,29,30). The number of anilines is 1. The molecule has 2 heterocycles. The second kappa shape index (κ2) is 8.95. The van der Waals surface area contributed by atoms with Gasteiger partial charge in [-0.15, -0.1) is 0 Å². The van der Waals surface area contributed by atoms with Gasteiger partial charge in [0.25, 0.3) is 0 Å². The zero-order valence-corrected chi connectivity index (χ0v) is 20.0. The fourth-order valence-corrected chi connectivity index (χ4v) is 5.47. The third kappa shape index (κ3) is 4.62. The summed E-state index contributed by atoms with van der Waals surface area (Å²) >= 11 is 0. The summed E-state index contributed by atoms with van der Waals surface area (Å²) in [6.07, 6.45) is 4.43. The number of ether oxygens (including phenoxy) is 1. The lowest BCUT2D eigenvalue weighted by Crippen LogP contribution is -2.39. The van der Waals surface area contributed by atoms with Gasteiger partial charge >= 0.3 is 0 Å². The molecule has 3 aromatic rings. The molecule has 0 radical (unpaired) electrons. The molecule has 5 rings (SSSR count). The van der Waals surface area contributed by atoms with Crippen molar-refractivity contribution in [1.82, 2.24) is 14.9 Å². The van der Waals surface area contributed by atoms with Crippen LogP contribution in [-0.2, 0) is 11.3 Å². The lowest BCUT2D eigenvalue weighted by Gasteiger charge is -2.29. The second-order valence-electron chi connectivity index (χ2n) is 10.3. The molecular formula is C27H34N4O3. The smallest absolute Gasteiger partial charge is 0.226 e. The molecule has 7 nitrogen and oxygen atoms in total. The number of benzene rings is 2. The molecule has 7 heteroatoms. The Morgan fingerprint density at radius 1 is 1.24 bits per heavy atom. The highest BCUT2D eigenvalue weighted by molar-refractivity contribution is 5.83. The average Bonchev–Trinajstić information content (AvgIpc) is 2.95. The fourth-order valence-electron chi connectivity index (χ4n) is 5.47. The number of nitrogen functional groups attached to an aromatic ring is 1. The molecule has 0 saturated heterocycles. The van der Waals surface area contributed by atoms with Crippen LogP contribution in [0.4, 0.5) is 5.95 Å². The summed E-state index contributed by atoms with van der Waals surface area (Å²) in [7, 11) is 0. The number of aromatic nitrogens is 2. The van der Waals surface area contributed by atoms with Crippen molar-refractivity contribution in [3.63, 3.8) is 0 Å². The third-order valence-electron chi connectivity index (χ3n) is 7.63. The molecule has 180 valence electrons. The lowest BCUT2D eigenvalue weighted by atomic mass is 9.85. The quantitative estimate of drug-likeness (QED) is 0.497. The SMILES string of the molecule is CC(C(=O)N1CCOc2ccc(-c3ccc4nc(N)[nH]c4c3)cc2C1)C1CCCC(C)(O)CC1. The molecule has 1 amide bonds. The molecule has 1 saturated carbocycles. The third-order valence-corrected chi connectivity index (χ3v) is 7.63. The number of hydrogen-bond acceptors (Lipinski definition) is 5. The van der Waals surface area contributed by atoms with Crippen LogP contribution in [0.15, 0.2) is 36.4 Å². The Bertz CT molecular complexity index is 1200. The van der Waals surface area contributed by atoms with E-state index >= 15 is 0 Å². The van der Waals surface area contributed by atoms with Gasteiger partial charge in [-0.2, -0.15) is 0 Å². The van der Waals surface area contributed by atoms with Gasteiger partial charge in [0.05, 0.1) is 23.2 Å². The van der Waals surface area contributed by atoms with Crippen molar-refractivity contribution < 1.29 is 14.6 Å². The normalized spacial score (nSPS) is 24.1. The van der Waals surface area contributed by atoms with Gasteiger partial charge in [0, 0.05) is 18.0 Å². The topological polar surface area (TPSA) is 104 Å². The average molecular weight is 463 g/mol. The molecule has 1 aliphatic carbocycles. The molecule has 3 atom stereocenters. The Morgan fingerprint density at radius 3 is 2.88 bits per heavy atom. The first kappa shape index (κ1) is 22.7. The van der Waals surface area contributed by atoms with Crippen LogP contribution in [0.25, 0.3) is 22.2 Å². The van der Waals surface area contributed by atoms with Crippen LogP contribution in [0.5, 0.6) is 5.75 Å². The van der Waals surface area contributed by atoms with E-state index in [0.717, 1.165) is 65.6 Å². The molecule has 4 N–H and O–H groups in total. The Morgan fingerprint density at radius 2 is 2.03 bits per heavy atom. The van der Waals surface area contributed by atoms with Gasteiger partial charge in [0.15, 0.2) is 5.95 Å². The van der Waals surface area contributed by atoms with Crippen molar-refractivity contribution in [3.05, 3.63) is 42.0 Å². The number of amides is 1. The van der Waals surface area contributed by atoms with E-state index in [1.807, 2.05) is 36.1 Å². The van der Waals surface area contributed by atoms with Crippen molar-refractivity contribution in [1.29, 1.82) is 0 Å². The number of carbonyl (C=O) groups is 1. The fraction of sp³-hybridized carbons (Fsp3) is 0.481. The van der Waals surface area contributed by atoms with Crippen LogP contribution >= 0.6 is 0 Å². The first-order valence-corrected chi connectivity index (χ1v) is 12.3. The minimum atomic E-state index is -0.603. The zero-order valence-electron chi connectivity index (χ0n) is 20.0. The van der Waals surface area contributed by atoms with Crippen molar-refractivity contribution in [2.45, 2.75) is 58.1 Å². The Kier molecular flexibility index (Phi) is 5.98. The van der Waals surface area contributed by atoms with Gasteiger partial charge in [0.2, 0.25) is 5.91 Å². The molecule has 1 fully saturated rings. The minimum absolute atomic E-state index is 0.0631. The van der Waals surface area contributed by atoms with Gasteiger partial charge in [0.1, 0.15) is 12.4 Å².